The molecule has 2 aromatic heterocycles. The normalized spacial score (nSPS) is 10.4. The molecule has 1 amide bonds. The van der Waals surface area contributed by atoms with Crippen LogP contribution < -0.4 is 10.6 Å². The minimum Gasteiger partial charge on any atom is -0.372 e. The molecule has 2 heterocycles. The van der Waals surface area contributed by atoms with E-state index >= 15 is 0 Å². The van der Waals surface area contributed by atoms with Crippen molar-refractivity contribution in [2.45, 2.75) is 5.03 Å². The van der Waals surface area contributed by atoms with Gasteiger partial charge in [0.15, 0.2) is 5.82 Å². The van der Waals surface area contributed by atoms with Gasteiger partial charge in [0.25, 0.3) is 5.91 Å². The minimum atomic E-state index is -0.369. The molecule has 0 spiro atoms. The lowest BCUT2D eigenvalue weighted by Crippen LogP contribution is -2.17. The zero-order valence-corrected chi connectivity index (χ0v) is 15.0. The SMILES string of the molecule is CNc1nc(-c2ccncc2)nc(SC)c1C(=O)Nc1ccc(F)cc1. The molecule has 0 atom stereocenters. The standard InChI is InChI=1S/C18H16FN5OS/c1-20-16-14(17(25)22-13-5-3-12(19)4-6-13)18(26-2)24-15(23-16)11-7-9-21-10-8-11/h3-10H,1-2H3,(H,22,25)(H,20,23,24). The van der Waals surface area contributed by atoms with Crippen LogP contribution in [0.3, 0.4) is 0 Å². The molecule has 0 fully saturated rings. The third-order valence-electron chi connectivity index (χ3n) is 3.57. The summed E-state index contributed by atoms with van der Waals surface area (Å²) in [6.45, 7) is 0. The summed E-state index contributed by atoms with van der Waals surface area (Å²) in [5, 5.41) is 6.24. The highest BCUT2D eigenvalue weighted by molar-refractivity contribution is 7.98. The van der Waals surface area contributed by atoms with E-state index in [4.69, 9.17) is 0 Å². The number of aromatic nitrogens is 3. The van der Waals surface area contributed by atoms with E-state index < -0.39 is 0 Å². The molecule has 0 aliphatic heterocycles. The summed E-state index contributed by atoms with van der Waals surface area (Å²) in [6.07, 6.45) is 5.16. The van der Waals surface area contributed by atoms with Gasteiger partial charge < -0.3 is 10.6 Å². The highest BCUT2D eigenvalue weighted by Crippen LogP contribution is 2.28. The molecule has 26 heavy (non-hydrogen) atoms. The Balaban J connectivity index is 2.00. The van der Waals surface area contributed by atoms with E-state index in [1.165, 1.54) is 36.0 Å². The lowest BCUT2D eigenvalue weighted by molar-refractivity contribution is 0.102. The quantitative estimate of drug-likeness (QED) is 0.527. The van der Waals surface area contributed by atoms with E-state index in [0.717, 1.165) is 5.56 Å². The van der Waals surface area contributed by atoms with Crippen LogP contribution in [-0.4, -0.2) is 34.2 Å². The Morgan fingerprint density at radius 1 is 1.08 bits per heavy atom. The molecule has 0 saturated heterocycles. The Kier molecular flexibility index (Phi) is 5.43. The predicted octanol–water partition coefficient (Wildman–Crippen LogP) is 3.69. The minimum absolute atomic E-state index is 0.335. The van der Waals surface area contributed by atoms with E-state index in [1.807, 2.05) is 6.26 Å². The number of halogens is 1. The lowest BCUT2D eigenvalue weighted by atomic mass is 10.2. The number of thioether (sulfide) groups is 1. The first kappa shape index (κ1) is 17.8. The van der Waals surface area contributed by atoms with Crippen LogP contribution in [0.1, 0.15) is 10.4 Å². The fourth-order valence-electron chi connectivity index (χ4n) is 2.33. The molecule has 0 radical (unpaired) electrons. The largest absolute Gasteiger partial charge is 0.372 e. The number of amides is 1. The average Bonchev–Trinajstić information content (AvgIpc) is 2.69. The number of hydrogen-bond donors (Lipinski definition) is 2. The molecule has 3 aromatic rings. The number of nitrogens with zero attached hydrogens (tertiary/aromatic N) is 3. The fourth-order valence-corrected chi connectivity index (χ4v) is 2.90. The molecule has 0 saturated carbocycles. The van der Waals surface area contributed by atoms with Gasteiger partial charge in [-0.1, -0.05) is 0 Å². The van der Waals surface area contributed by atoms with Gasteiger partial charge in [-0.25, -0.2) is 14.4 Å². The molecular formula is C18H16FN5OS. The Bertz CT molecular complexity index is 894. The number of nitrogens with one attached hydrogen (secondary N) is 2. The second-order valence-corrected chi connectivity index (χ2v) is 6.02. The van der Waals surface area contributed by atoms with Crippen molar-refractivity contribution in [1.29, 1.82) is 0 Å². The van der Waals surface area contributed by atoms with Crippen molar-refractivity contribution in [3.8, 4) is 11.4 Å². The molecule has 132 valence electrons. The summed E-state index contributed by atoms with van der Waals surface area (Å²) in [5.74, 6) is 0.176. The maximum absolute atomic E-state index is 13.0. The molecule has 8 heteroatoms. The van der Waals surface area contributed by atoms with Crippen LogP contribution in [-0.2, 0) is 0 Å². The van der Waals surface area contributed by atoms with Crippen molar-refractivity contribution in [2.24, 2.45) is 0 Å². The van der Waals surface area contributed by atoms with Crippen molar-refractivity contribution in [1.82, 2.24) is 15.0 Å². The molecule has 1 aromatic carbocycles. The maximum Gasteiger partial charge on any atom is 0.262 e. The number of anilines is 2. The number of rotatable bonds is 5. The van der Waals surface area contributed by atoms with Gasteiger partial charge in [-0.15, -0.1) is 11.8 Å². The topological polar surface area (TPSA) is 79.8 Å². The van der Waals surface area contributed by atoms with Crippen molar-refractivity contribution < 1.29 is 9.18 Å². The van der Waals surface area contributed by atoms with Crippen LogP contribution in [0.4, 0.5) is 15.9 Å². The second-order valence-electron chi connectivity index (χ2n) is 5.23. The summed E-state index contributed by atoms with van der Waals surface area (Å²) in [7, 11) is 1.69. The van der Waals surface area contributed by atoms with E-state index in [1.54, 1.807) is 31.6 Å². The van der Waals surface area contributed by atoms with Crippen molar-refractivity contribution in [2.75, 3.05) is 23.9 Å². The number of pyridine rings is 1. The van der Waals surface area contributed by atoms with E-state index in [-0.39, 0.29) is 11.7 Å². The molecule has 0 bridgehead atoms. The van der Waals surface area contributed by atoms with Gasteiger partial charge in [0, 0.05) is 30.7 Å². The van der Waals surface area contributed by atoms with E-state index in [0.29, 0.717) is 27.9 Å². The average molecular weight is 369 g/mol. The first-order valence-electron chi connectivity index (χ1n) is 7.73. The molecule has 0 aliphatic rings. The molecule has 0 aliphatic carbocycles. The van der Waals surface area contributed by atoms with Crippen molar-refractivity contribution in [3.63, 3.8) is 0 Å². The summed E-state index contributed by atoms with van der Waals surface area (Å²) < 4.78 is 13.0. The number of hydrogen-bond acceptors (Lipinski definition) is 6. The summed E-state index contributed by atoms with van der Waals surface area (Å²) >= 11 is 1.35. The van der Waals surface area contributed by atoms with E-state index in [2.05, 4.69) is 25.6 Å². The number of benzene rings is 1. The first-order valence-corrected chi connectivity index (χ1v) is 8.96. The summed E-state index contributed by atoms with van der Waals surface area (Å²) in [5.41, 5.74) is 1.63. The zero-order chi connectivity index (χ0) is 18.5. The Morgan fingerprint density at radius 2 is 1.77 bits per heavy atom. The van der Waals surface area contributed by atoms with Gasteiger partial charge in [-0.2, -0.15) is 0 Å². The number of carbonyl (C=O) groups excluding carboxylic acids is 1. The smallest absolute Gasteiger partial charge is 0.262 e. The van der Waals surface area contributed by atoms with Gasteiger partial charge in [-0.3, -0.25) is 9.78 Å². The van der Waals surface area contributed by atoms with E-state index in [9.17, 15) is 9.18 Å². The summed E-state index contributed by atoms with van der Waals surface area (Å²) in [4.78, 5) is 25.7. The fraction of sp³-hybridized carbons (Fsp3) is 0.111. The van der Waals surface area contributed by atoms with Gasteiger partial charge in [0.1, 0.15) is 22.2 Å². The number of carbonyl (C=O) groups is 1. The van der Waals surface area contributed by atoms with Crippen LogP contribution in [0, 0.1) is 5.82 Å². The highest BCUT2D eigenvalue weighted by Gasteiger charge is 2.21. The van der Waals surface area contributed by atoms with Crippen LogP contribution in [0.2, 0.25) is 0 Å². The van der Waals surface area contributed by atoms with Crippen molar-refractivity contribution in [3.05, 3.63) is 60.2 Å². The Morgan fingerprint density at radius 3 is 2.38 bits per heavy atom. The Hall–Kier alpha value is -3.00. The van der Waals surface area contributed by atoms with Crippen molar-refractivity contribution >= 4 is 29.2 Å². The second kappa shape index (κ2) is 7.92. The maximum atomic E-state index is 13.0. The monoisotopic (exact) mass is 369 g/mol. The van der Waals surface area contributed by atoms with Gasteiger partial charge in [0.2, 0.25) is 0 Å². The molecule has 0 unspecified atom stereocenters. The van der Waals surface area contributed by atoms with Crippen LogP contribution >= 0.6 is 11.8 Å². The predicted molar refractivity (Wildman–Crippen MR) is 101 cm³/mol. The molecule has 6 nitrogen and oxygen atoms in total. The molecule has 3 rings (SSSR count). The summed E-state index contributed by atoms with van der Waals surface area (Å²) in [6, 6.07) is 9.17. The first-order chi connectivity index (χ1) is 12.6. The third-order valence-corrected chi connectivity index (χ3v) is 4.26. The zero-order valence-electron chi connectivity index (χ0n) is 14.2. The lowest BCUT2D eigenvalue weighted by Gasteiger charge is -2.14. The Labute approximate surface area is 154 Å². The van der Waals surface area contributed by atoms with Gasteiger partial charge >= 0.3 is 0 Å². The molecular weight excluding hydrogens is 353 g/mol. The van der Waals surface area contributed by atoms with Crippen LogP contribution in [0.15, 0.2) is 53.8 Å². The van der Waals surface area contributed by atoms with Gasteiger partial charge in [-0.05, 0) is 42.7 Å². The molecule has 2 N–H and O–H groups in total. The van der Waals surface area contributed by atoms with Crippen LogP contribution in [0.5, 0.6) is 0 Å². The highest BCUT2D eigenvalue weighted by atomic mass is 32.2. The third kappa shape index (κ3) is 3.80. The van der Waals surface area contributed by atoms with Crippen LogP contribution in [0.25, 0.3) is 11.4 Å². The van der Waals surface area contributed by atoms with Gasteiger partial charge in [0.05, 0.1) is 0 Å².